The summed E-state index contributed by atoms with van der Waals surface area (Å²) in [4.78, 5) is 60.0. The number of nitrogens with two attached hydrogens (primary N) is 1. The Hall–Kier alpha value is -4.80. The van der Waals surface area contributed by atoms with Crippen LogP contribution in [0.1, 0.15) is 47.3 Å². The molecule has 10 heteroatoms. The highest BCUT2D eigenvalue weighted by atomic mass is 16.2. The number of likely N-dealkylation sites (tertiary alicyclic amines) is 1. The average Bonchev–Trinajstić information content (AvgIpc) is 3.59. The topological polar surface area (TPSA) is 141 Å². The van der Waals surface area contributed by atoms with Crippen LogP contribution in [0.15, 0.2) is 85.1 Å². The predicted octanol–water partition coefficient (Wildman–Crippen LogP) is 3.32. The van der Waals surface area contributed by atoms with E-state index in [2.05, 4.69) is 15.7 Å². The number of para-hydroxylation sites is 1. The van der Waals surface area contributed by atoms with Gasteiger partial charge in [0.05, 0.1) is 5.41 Å². The van der Waals surface area contributed by atoms with Crippen LogP contribution in [0.5, 0.6) is 0 Å². The van der Waals surface area contributed by atoms with Crippen molar-refractivity contribution in [1.29, 1.82) is 0 Å². The Labute approximate surface area is 274 Å². The number of hydrogen-bond donors (Lipinski definition) is 4. The molecule has 47 heavy (non-hydrogen) atoms. The van der Waals surface area contributed by atoms with Crippen molar-refractivity contribution in [3.05, 3.63) is 107 Å². The lowest BCUT2D eigenvalue weighted by molar-refractivity contribution is -0.144. The number of piperidine rings is 1. The summed E-state index contributed by atoms with van der Waals surface area (Å²) in [6.07, 6.45) is 3.82. The maximum Gasteiger partial charge on any atom is 0.251 e. The van der Waals surface area contributed by atoms with E-state index in [0.29, 0.717) is 24.9 Å². The Morgan fingerprint density at radius 3 is 2.57 bits per heavy atom. The molecule has 1 aromatic heterocycles. The molecule has 10 nitrogen and oxygen atoms in total. The summed E-state index contributed by atoms with van der Waals surface area (Å²) in [5.74, 6) is -1.83. The minimum absolute atomic E-state index is 0.0867. The zero-order valence-electron chi connectivity index (χ0n) is 27.0. The Kier molecular flexibility index (Phi) is 8.74. The molecule has 2 aliphatic heterocycles. The van der Waals surface area contributed by atoms with Crippen LogP contribution in [0.3, 0.4) is 0 Å². The molecule has 5 N–H and O–H groups in total. The van der Waals surface area contributed by atoms with Gasteiger partial charge in [0.1, 0.15) is 12.3 Å². The van der Waals surface area contributed by atoms with E-state index in [9.17, 15) is 19.2 Å². The van der Waals surface area contributed by atoms with E-state index in [1.54, 1.807) is 30.1 Å². The molecule has 3 amide bonds. The third kappa shape index (κ3) is 6.31. The van der Waals surface area contributed by atoms with Gasteiger partial charge in [-0.05, 0) is 68.0 Å². The second kappa shape index (κ2) is 12.8. The maximum atomic E-state index is 14.6. The third-order valence-corrected chi connectivity index (χ3v) is 9.74. The first-order valence-electron chi connectivity index (χ1n) is 16.1. The van der Waals surface area contributed by atoms with Crippen molar-refractivity contribution in [2.45, 2.75) is 50.7 Å². The monoisotopic (exact) mass is 634 g/mol. The lowest BCUT2D eigenvalue weighted by Crippen LogP contribution is -2.61. The first-order valence-corrected chi connectivity index (χ1v) is 16.1. The van der Waals surface area contributed by atoms with Gasteiger partial charge in [-0.3, -0.25) is 19.4 Å². The summed E-state index contributed by atoms with van der Waals surface area (Å²) >= 11 is 0. The smallest absolute Gasteiger partial charge is 0.251 e. The Bertz CT molecular complexity index is 1800. The molecule has 4 atom stereocenters. The molecule has 2 aliphatic rings. The number of nitrogens with one attached hydrogen (secondary N) is 3. The average molecular weight is 635 g/mol. The van der Waals surface area contributed by atoms with Gasteiger partial charge in [0, 0.05) is 60.3 Å². The largest absolute Gasteiger partial charge is 0.361 e. The Morgan fingerprint density at radius 1 is 1.09 bits per heavy atom. The van der Waals surface area contributed by atoms with Gasteiger partial charge in [0.2, 0.25) is 11.8 Å². The fraction of sp³-hybridized carbons (Fsp3) is 0.351. The molecule has 2 saturated heterocycles. The van der Waals surface area contributed by atoms with Gasteiger partial charge in [-0.1, -0.05) is 60.7 Å². The highest BCUT2D eigenvalue weighted by Gasteiger charge is 2.56. The second-order valence-corrected chi connectivity index (χ2v) is 13.5. The summed E-state index contributed by atoms with van der Waals surface area (Å²) in [7, 11) is 1.71. The summed E-state index contributed by atoms with van der Waals surface area (Å²) in [5.41, 5.74) is 11.9. The van der Waals surface area contributed by atoms with E-state index in [1.807, 2.05) is 80.7 Å². The molecule has 2 fully saturated rings. The van der Waals surface area contributed by atoms with E-state index >= 15 is 0 Å². The number of H-pyrrole nitrogens is 1. The SMILES string of the molecule is CN1NC2CCN(C(=O)C(NC(=O)c3cccc(C(C)(C)N)c3)C(C=O)Cc3c[nH]c4ccccc34)CC2(Cc2ccccc2)C1=O. The number of hydrazine groups is 1. The van der Waals surface area contributed by atoms with E-state index < -0.39 is 28.8 Å². The number of amides is 3. The molecule has 0 aliphatic carbocycles. The number of aldehydes is 1. The highest BCUT2D eigenvalue weighted by Crippen LogP contribution is 2.40. The predicted molar refractivity (Wildman–Crippen MR) is 180 cm³/mol. The van der Waals surface area contributed by atoms with Crippen LogP contribution >= 0.6 is 0 Å². The second-order valence-electron chi connectivity index (χ2n) is 13.5. The van der Waals surface area contributed by atoms with Crippen molar-refractivity contribution in [3.8, 4) is 0 Å². The lowest BCUT2D eigenvalue weighted by Gasteiger charge is -2.43. The van der Waals surface area contributed by atoms with Crippen LogP contribution in [0.25, 0.3) is 10.9 Å². The molecule has 0 saturated carbocycles. The number of rotatable bonds is 10. The molecule has 4 aromatic rings. The van der Waals surface area contributed by atoms with Gasteiger partial charge in [-0.25, -0.2) is 5.43 Å². The standard InChI is InChI=1S/C37H42N6O4/c1-36(2,38)28-13-9-12-25(19-28)33(45)40-32(27(22-44)18-26-21-39-30-15-8-7-14-29(26)30)34(46)43-17-16-31-37(23-43,35(47)42(3)41-31)20-24-10-5-4-6-11-24/h4-15,19,21-22,27,31-32,39,41H,16-18,20,23,38H2,1-3H3,(H,40,45). The van der Waals surface area contributed by atoms with E-state index in [4.69, 9.17) is 5.73 Å². The van der Waals surface area contributed by atoms with Crippen molar-refractivity contribution >= 4 is 34.9 Å². The first-order chi connectivity index (χ1) is 22.5. The normalized spacial score (nSPS) is 20.9. The van der Waals surface area contributed by atoms with Gasteiger partial charge in [0.15, 0.2) is 0 Å². The molecule has 0 spiro atoms. The quantitative estimate of drug-likeness (QED) is 0.197. The van der Waals surface area contributed by atoms with Crippen LogP contribution < -0.4 is 16.5 Å². The molecule has 6 rings (SSSR count). The van der Waals surface area contributed by atoms with Gasteiger partial charge >= 0.3 is 0 Å². The minimum Gasteiger partial charge on any atom is -0.361 e. The van der Waals surface area contributed by atoms with E-state index in [0.717, 1.165) is 33.9 Å². The zero-order chi connectivity index (χ0) is 33.3. The van der Waals surface area contributed by atoms with Crippen molar-refractivity contribution in [3.63, 3.8) is 0 Å². The van der Waals surface area contributed by atoms with E-state index in [1.165, 1.54) is 5.01 Å². The molecule has 3 heterocycles. The maximum absolute atomic E-state index is 14.6. The van der Waals surface area contributed by atoms with Gasteiger partial charge < -0.3 is 25.7 Å². The molecule has 0 radical (unpaired) electrons. The van der Waals surface area contributed by atoms with Crippen LogP contribution in [-0.2, 0) is 32.8 Å². The van der Waals surface area contributed by atoms with Crippen molar-refractivity contribution in [2.24, 2.45) is 17.1 Å². The summed E-state index contributed by atoms with van der Waals surface area (Å²) in [5, 5.41) is 5.41. The molecule has 0 bridgehead atoms. The van der Waals surface area contributed by atoms with Gasteiger partial charge in [-0.15, -0.1) is 0 Å². The number of aromatic nitrogens is 1. The number of fused-ring (bicyclic) bond motifs is 2. The Morgan fingerprint density at radius 2 is 1.83 bits per heavy atom. The summed E-state index contributed by atoms with van der Waals surface area (Å²) in [6.45, 7) is 4.23. The van der Waals surface area contributed by atoms with Crippen molar-refractivity contribution in [1.82, 2.24) is 25.6 Å². The first kappa shape index (κ1) is 32.2. The third-order valence-electron chi connectivity index (χ3n) is 9.74. The number of hydrogen-bond acceptors (Lipinski definition) is 6. The molecule has 4 unspecified atom stereocenters. The number of carbonyl (C=O) groups excluding carboxylic acids is 4. The molecular weight excluding hydrogens is 592 g/mol. The fourth-order valence-electron chi connectivity index (χ4n) is 7.16. The molecular formula is C37H42N6O4. The molecule has 244 valence electrons. The highest BCUT2D eigenvalue weighted by molar-refractivity contribution is 5.99. The Balaban J connectivity index is 1.34. The number of benzene rings is 3. The molecule has 3 aromatic carbocycles. The van der Waals surface area contributed by atoms with Gasteiger partial charge in [-0.2, -0.15) is 0 Å². The number of aromatic amines is 1. The van der Waals surface area contributed by atoms with Crippen molar-refractivity contribution in [2.75, 3.05) is 20.1 Å². The number of nitrogens with zero attached hydrogens (tertiary/aromatic N) is 2. The minimum atomic E-state index is -1.17. The summed E-state index contributed by atoms with van der Waals surface area (Å²) < 4.78 is 0. The van der Waals surface area contributed by atoms with E-state index in [-0.39, 0.29) is 30.8 Å². The van der Waals surface area contributed by atoms with Crippen LogP contribution in [-0.4, -0.2) is 71.1 Å². The fourth-order valence-corrected chi connectivity index (χ4v) is 7.16. The van der Waals surface area contributed by atoms with Gasteiger partial charge in [0.25, 0.3) is 5.91 Å². The zero-order valence-corrected chi connectivity index (χ0v) is 27.0. The van der Waals surface area contributed by atoms with Crippen LogP contribution in [0.4, 0.5) is 0 Å². The van der Waals surface area contributed by atoms with Crippen LogP contribution in [0, 0.1) is 11.3 Å². The lowest BCUT2D eigenvalue weighted by atomic mass is 9.71. The van der Waals surface area contributed by atoms with Crippen molar-refractivity contribution < 1.29 is 19.2 Å². The van der Waals surface area contributed by atoms with Crippen LogP contribution in [0.2, 0.25) is 0 Å². The number of carbonyl (C=O) groups is 4. The summed E-state index contributed by atoms with van der Waals surface area (Å²) in [6, 6.07) is 23.2.